The minimum atomic E-state index is 0.101. The van der Waals surface area contributed by atoms with E-state index in [9.17, 15) is 4.79 Å². The van der Waals surface area contributed by atoms with E-state index in [4.69, 9.17) is 0 Å². The monoisotopic (exact) mass is 221 g/mol. The first-order valence-corrected chi connectivity index (χ1v) is 5.91. The quantitative estimate of drug-likeness (QED) is 0.776. The lowest BCUT2D eigenvalue weighted by Gasteiger charge is -2.15. The Morgan fingerprint density at radius 2 is 2.31 bits per heavy atom. The molecular weight excluding hydrogens is 202 g/mol. The van der Waals surface area contributed by atoms with Gasteiger partial charge in [-0.2, -0.15) is 5.10 Å². The van der Waals surface area contributed by atoms with Crippen LogP contribution in [0.15, 0.2) is 6.20 Å². The average molecular weight is 221 g/mol. The van der Waals surface area contributed by atoms with Crippen LogP contribution in [0, 0.1) is 12.8 Å². The number of carbonyl (C=O) groups excluding carboxylic acids is 1. The molecule has 0 radical (unpaired) electrons. The maximum atomic E-state index is 12.1. The van der Waals surface area contributed by atoms with Gasteiger partial charge < -0.3 is 4.90 Å². The topological polar surface area (TPSA) is 38.1 Å². The van der Waals surface area contributed by atoms with Crippen LogP contribution in [0.2, 0.25) is 0 Å². The van der Waals surface area contributed by atoms with Crippen molar-refractivity contribution < 1.29 is 4.79 Å². The molecule has 0 bridgehead atoms. The number of aromatic nitrogens is 2. The van der Waals surface area contributed by atoms with Crippen LogP contribution >= 0.6 is 0 Å². The van der Waals surface area contributed by atoms with Gasteiger partial charge in [0.15, 0.2) is 0 Å². The zero-order valence-electron chi connectivity index (χ0n) is 10.2. The first kappa shape index (κ1) is 11.2. The highest BCUT2D eigenvalue weighted by atomic mass is 16.2. The number of amides is 1. The number of rotatable bonds is 4. The maximum Gasteiger partial charge on any atom is 0.257 e. The van der Waals surface area contributed by atoms with Crippen LogP contribution in [0.25, 0.3) is 0 Å². The van der Waals surface area contributed by atoms with E-state index < -0.39 is 0 Å². The Morgan fingerprint density at radius 1 is 1.62 bits per heavy atom. The van der Waals surface area contributed by atoms with Crippen molar-refractivity contribution in [3.63, 3.8) is 0 Å². The van der Waals surface area contributed by atoms with Gasteiger partial charge in [0.2, 0.25) is 0 Å². The second-order valence-electron chi connectivity index (χ2n) is 4.61. The lowest BCUT2D eigenvalue weighted by Crippen LogP contribution is -2.28. The zero-order chi connectivity index (χ0) is 11.7. The van der Waals surface area contributed by atoms with E-state index in [1.807, 2.05) is 36.7 Å². The second kappa shape index (κ2) is 4.28. The normalized spacial score (nSPS) is 15.2. The number of hydrogen-bond acceptors (Lipinski definition) is 2. The molecule has 4 heteroatoms. The van der Waals surface area contributed by atoms with Crippen LogP contribution in [0.1, 0.15) is 35.8 Å². The van der Waals surface area contributed by atoms with Crippen molar-refractivity contribution in [2.75, 3.05) is 13.6 Å². The van der Waals surface area contributed by atoms with E-state index in [1.165, 1.54) is 12.8 Å². The van der Waals surface area contributed by atoms with Crippen molar-refractivity contribution >= 4 is 5.91 Å². The standard InChI is InChI=1S/C12H19N3O/c1-4-15-8-11(9(2)13-15)12(16)14(3)7-10-5-6-10/h8,10H,4-7H2,1-3H3. The molecule has 16 heavy (non-hydrogen) atoms. The van der Waals surface area contributed by atoms with Crippen molar-refractivity contribution in [1.29, 1.82) is 0 Å². The van der Waals surface area contributed by atoms with Gasteiger partial charge in [-0.3, -0.25) is 9.48 Å². The van der Waals surface area contributed by atoms with Gasteiger partial charge in [0, 0.05) is 26.3 Å². The summed E-state index contributed by atoms with van der Waals surface area (Å²) in [6.07, 6.45) is 4.39. The Morgan fingerprint density at radius 3 is 2.81 bits per heavy atom. The van der Waals surface area contributed by atoms with Crippen LogP contribution in [0.3, 0.4) is 0 Å². The van der Waals surface area contributed by atoms with E-state index in [-0.39, 0.29) is 5.91 Å². The van der Waals surface area contributed by atoms with Gasteiger partial charge in [-0.25, -0.2) is 0 Å². The minimum Gasteiger partial charge on any atom is -0.341 e. The fourth-order valence-corrected chi connectivity index (χ4v) is 1.87. The summed E-state index contributed by atoms with van der Waals surface area (Å²) in [5.74, 6) is 0.833. The summed E-state index contributed by atoms with van der Waals surface area (Å²) < 4.78 is 1.81. The smallest absolute Gasteiger partial charge is 0.257 e. The highest BCUT2D eigenvalue weighted by molar-refractivity contribution is 5.94. The number of hydrogen-bond donors (Lipinski definition) is 0. The number of nitrogens with zero attached hydrogens (tertiary/aromatic N) is 3. The van der Waals surface area contributed by atoms with Crippen LogP contribution in [0.5, 0.6) is 0 Å². The highest BCUT2D eigenvalue weighted by Crippen LogP contribution is 2.29. The third-order valence-electron chi connectivity index (χ3n) is 3.08. The molecule has 0 aromatic carbocycles. The van der Waals surface area contributed by atoms with Gasteiger partial charge in [-0.05, 0) is 32.6 Å². The molecule has 0 spiro atoms. The molecule has 1 amide bonds. The zero-order valence-corrected chi connectivity index (χ0v) is 10.2. The molecular formula is C12H19N3O. The molecule has 1 aromatic rings. The lowest BCUT2D eigenvalue weighted by molar-refractivity contribution is 0.0788. The molecule has 0 saturated heterocycles. The summed E-state index contributed by atoms with van der Waals surface area (Å²) in [6, 6.07) is 0. The first-order valence-electron chi connectivity index (χ1n) is 5.91. The van der Waals surface area contributed by atoms with Gasteiger partial charge in [-0.15, -0.1) is 0 Å². The van der Waals surface area contributed by atoms with Crippen molar-refractivity contribution in [3.8, 4) is 0 Å². The third kappa shape index (κ3) is 2.26. The largest absolute Gasteiger partial charge is 0.341 e. The molecule has 1 saturated carbocycles. The molecule has 1 heterocycles. The number of carbonyl (C=O) groups is 1. The van der Waals surface area contributed by atoms with Gasteiger partial charge in [0.05, 0.1) is 11.3 Å². The molecule has 1 fully saturated rings. The van der Waals surface area contributed by atoms with E-state index in [2.05, 4.69) is 5.10 Å². The first-order chi connectivity index (χ1) is 7.61. The summed E-state index contributed by atoms with van der Waals surface area (Å²) in [7, 11) is 1.88. The molecule has 0 N–H and O–H groups in total. The summed E-state index contributed by atoms with van der Waals surface area (Å²) in [6.45, 7) is 5.61. The van der Waals surface area contributed by atoms with Gasteiger partial charge in [0.1, 0.15) is 0 Å². The summed E-state index contributed by atoms with van der Waals surface area (Å²) in [5, 5.41) is 4.30. The molecule has 0 aliphatic heterocycles. The molecule has 1 aliphatic carbocycles. The van der Waals surface area contributed by atoms with Crippen molar-refractivity contribution in [2.45, 2.75) is 33.2 Å². The Balaban J connectivity index is 2.08. The summed E-state index contributed by atoms with van der Waals surface area (Å²) in [5.41, 5.74) is 1.57. The fraction of sp³-hybridized carbons (Fsp3) is 0.667. The van der Waals surface area contributed by atoms with Crippen molar-refractivity contribution in [1.82, 2.24) is 14.7 Å². The molecule has 2 rings (SSSR count). The lowest BCUT2D eigenvalue weighted by atomic mass is 10.2. The van der Waals surface area contributed by atoms with Gasteiger partial charge in [0.25, 0.3) is 5.91 Å². The van der Waals surface area contributed by atoms with Crippen molar-refractivity contribution in [3.05, 3.63) is 17.5 Å². The highest BCUT2D eigenvalue weighted by Gasteiger charge is 2.26. The predicted molar refractivity (Wildman–Crippen MR) is 62.3 cm³/mol. The van der Waals surface area contributed by atoms with Crippen LogP contribution in [-0.4, -0.2) is 34.2 Å². The van der Waals surface area contributed by atoms with E-state index in [0.29, 0.717) is 0 Å². The molecule has 1 aliphatic rings. The molecule has 88 valence electrons. The SMILES string of the molecule is CCn1cc(C(=O)N(C)CC2CC2)c(C)n1. The van der Waals surface area contributed by atoms with E-state index >= 15 is 0 Å². The Bertz CT molecular complexity index is 393. The van der Waals surface area contributed by atoms with Crippen LogP contribution in [-0.2, 0) is 6.54 Å². The second-order valence-corrected chi connectivity index (χ2v) is 4.61. The predicted octanol–water partition coefficient (Wildman–Crippen LogP) is 1.69. The van der Waals surface area contributed by atoms with Gasteiger partial charge >= 0.3 is 0 Å². The summed E-state index contributed by atoms with van der Waals surface area (Å²) in [4.78, 5) is 14.0. The molecule has 4 nitrogen and oxygen atoms in total. The average Bonchev–Trinajstić information content (AvgIpc) is 2.99. The van der Waals surface area contributed by atoms with Crippen LogP contribution in [0.4, 0.5) is 0 Å². The fourth-order valence-electron chi connectivity index (χ4n) is 1.87. The molecule has 0 unspecified atom stereocenters. The maximum absolute atomic E-state index is 12.1. The molecule has 0 atom stereocenters. The third-order valence-corrected chi connectivity index (χ3v) is 3.08. The van der Waals surface area contributed by atoms with E-state index in [1.54, 1.807) is 0 Å². The molecule has 1 aromatic heterocycles. The Labute approximate surface area is 96.2 Å². The van der Waals surface area contributed by atoms with Crippen molar-refractivity contribution in [2.24, 2.45) is 5.92 Å². The Hall–Kier alpha value is -1.32. The van der Waals surface area contributed by atoms with E-state index in [0.717, 1.165) is 30.3 Å². The summed E-state index contributed by atoms with van der Waals surface area (Å²) >= 11 is 0. The van der Waals surface area contributed by atoms with Crippen LogP contribution < -0.4 is 0 Å². The minimum absolute atomic E-state index is 0.101. The Kier molecular flexibility index (Phi) is 2.99. The van der Waals surface area contributed by atoms with Gasteiger partial charge in [-0.1, -0.05) is 0 Å². The number of aryl methyl sites for hydroxylation is 2.